The maximum atomic E-state index is 14.4. The second-order valence-corrected chi connectivity index (χ2v) is 7.60. The van der Waals surface area contributed by atoms with Gasteiger partial charge in [-0.1, -0.05) is 12.1 Å². The largest absolute Gasteiger partial charge is 0.380 e. The first kappa shape index (κ1) is 18.4. The Morgan fingerprint density at radius 1 is 1.40 bits per heavy atom. The predicted octanol–water partition coefficient (Wildman–Crippen LogP) is 2.66. The van der Waals surface area contributed by atoms with Gasteiger partial charge in [0.2, 0.25) is 5.82 Å². The highest BCUT2D eigenvalue weighted by Crippen LogP contribution is 2.44. The van der Waals surface area contributed by atoms with Crippen molar-refractivity contribution in [2.24, 2.45) is 0 Å². The molecule has 1 aromatic carbocycles. The van der Waals surface area contributed by atoms with Crippen LogP contribution < -0.4 is 5.56 Å². The van der Waals surface area contributed by atoms with Gasteiger partial charge in [-0.15, -0.1) is 0 Å². The summed E-state index contributed by atoms with van der Waals surface area (Å²) in [5.41, 5.74) is -0.679. The third kappa shape index (κ3) is 2.42. The molecule has 3 heterocycles. The molecule has 5 rings (SSSR count). The molecular formula is C20H17FN6O3. The third-order valence-corrected chi connectivity index (χ3v) is 5.70. The van der Waals surface area contributed by atoms with Gasteiger partial charge in [-0.25, -0.2) is 9.37 Å². The second kappa shape index (κ2) is 6.21. The van der Waals surface area contributed by atoms with E-state index in [0.717, 1.165) is 0 Å². The van der Waals surface area contributed by atoms with Crippen molar-refractivity contribution in [1.29, 1.82) is 5.26 Å². The van der Waals surface area contributed by atoms with Crippen LogP contribution in [-0.2, 0) is 5.60 Å². The molecule has 3 aromatic heterocycles. The van der Waals surface area contributed by atoms with E-state index in [0.29, 0.717) is 24.8 Å². The molecule has 0 aliphatic heterocycles. The minimum Gasteiger partial charge on any atom is -0.380 e. The minimum atomic E-state index is -1.11. The van der Waals surface area contributed by atoms with Crippen LogP contribution in [0.1, 0.15) is 50.6 Å². The Balaban J connectivity index is 1.88. The van der Waals surface area contributed by atoms with Gasteiger partial charge >= 0.3 is 0 Å². The maximum absolute atomic E-state index is 14.4. The maximum Gasteiger partial charge on any atom is 0.278 e. The van der Waals surface area contributed by atoms with Crippen LogP contribution in [0.25, 0.3) is 28.1 Å². The van der Waals surface area contributed by atoms with Crippen LogP contribution in [0.2, 0.25) is 0 Å². The number of benzene rings is 1. The van der Waals surface area contributed by atoms with E-state index in [4.69, 9.17) is 4.52 Å². The number of hydrogen-bond donors (Lipinski definition) is 1. The Labute approximate surface area is 169 Å². The number of nitriles is 1. The van der Waals surface area contributed by atoms with Gasteiger partial charge in [0.05, 0.1) is 11.0 Å². The van der Waals surface area contributed by atoms with E-state index in [1.54, 1.807) is 0 Å². The predicted molar refractivity (Wildman–Crippen MR) is 103 cm³/mol. The molecule has 1 saturated carbocycles. The molecule has 9 nitrogen and oxygen atoms in total. The summed E-state index contributed by atoms with van der Waals surface area (Å²) in [7, 11) is 0. The fourth-order valence-electron chi connectivity index (χ4n) is 3.66. The van der Waals surface area contributed by atoms with E-state index >= 15 is 0 Å². The third-order valence-electron chi connectivity index (χ3n) is 5.70. The molecule has 4 aromatic rings. The van der Waals surface area contributed by atoms with Gasteiger partial charge in [-0.3, -0.25) is 9.20 Å². The normalized spacial score (nSPS) is 16.1. The van der Waals surface area contributed by atoms with E-state index in [1.165, 1.54) is 27.4 Å². The van der Waals surface area contributed by atoms with Crippen LogP contribution in [0.5, 0.6) is 0 Å². The molecule has 10 heteroatoms. The van der Waals surface area contributed by atoms with Crippen molar-refractivity contribution in [3.63, 3.8) is 0 Å². The first-order chi connectivity index (χ1) is 14.4. The van der Waals surface area contributed by atoms with Gasteiger partial charge in [-0.2, -0.15) is 10.2 Å². The lowest BCUT2D eigenvalue weighted by Gasteiger charge is -2.18. The number of rotatable bonds is 4. The second-order valence-electron chi connectivity index (χ2n) is 7.60. The number of halogens is 1. The van der Waals surface area contributed by atoms with Gasteiger partial charge in [0, 0.05) is 6.04 Å². The van der Waals surface area contributed by atoms with Crippen molar-refractivity contribution in [3.05, 3.63) is 46.1 Å². The van der Waals surface area contributed by atoms with Crippen LogP contribution in [-0.4, -0.2) is 29.2 Å². The van der Waals surface area contributed by atoms with Crippen LogP contribution in [0.15, 0.2) is 27.8 Å². The molecule has 1 fully saturated rings. The molecule has 152 valence electrons. The first-order valence-electron chi connectivity index (χ1n) is 9.60. The fraction of sp³-hybridized carbons (Fsp3) is 0.350. The highest BCUT2D eigenvalue weighted by molar-refractivity contribution is 5.87. The zero-order valence-corrected chi connectivity index (χ0v) is 16.3. The van der Waals surface area contributed by atoms with Gasteiger partial charge in [0.25, 0.3) is 11.4 Å². The standard InChI is InChI=1S/C20H17FN6O3/c1-3-10(2)27-15-11(8-22)12(21)4-5-13(15)26-9-23-14(16(26)18(27)28)17-24-19(30-25-17)20(29)6-7-20/h4-5,9-10,29H,3,6-7H2,1-2H3. The lowest BCUT2D eigenvalue weighted by Crippen LogP contribution is -2.26. The van der Waals surface area contributed by atoms with Crippen LogP contribution in [0, 0.1) is 17.1 Å². The molecule has 30 heavy (non-hydrogen) atoms. The van der Waals surface area contributed by atoms with Crippen molar-refractivity contribution < 1.29 is 14.0 Å². The van der Waals surface area contributed by atoms with E-state index in [1.807, 2.05) is 19.9 Å². The van der Waals surface area contributed by atoms with Crippen LogP contribution >= 0.6 is 0 Å². The first-order valence-corrected chi connectivity index (χ1v) is 9.60. The van der Waals surface area contributed by atoms with Crippen molar-refractivity contribution in [2.75, 3.05) is 0 Å². The van der Waals surface area contributed by atoms with E-state index in [-0.39, 0.29) is 40.0 Å². The monoisotopic (exact) mass is 408 g/mol. The molecule has 1 aliphatic carbocycles. The quantitative estimate of drug-likeness (QED) is 0.551. The topological polar surface area (TPSA) is 122 Å². The highest BCUT2D eigenvalue weighted by Gasteiger charge is 2.48. The van der Waals surface area contributed by atoms with Gasteiger partial charge in [-0.05, 0) is 38.3 Å². The van der Waals surface area contributed by atoms with Crippen molar-refractivity contribution in [1.82, 2.24) is 24.1 Å². The average molecular weight is 408 g/mol. The number of aliphatic hydroxyl groups is 1. The molecule has 1 unspecified atom stereocenters. The number of nitrogens with zero attached hydrogens (tertiary/aromatic N) is 6. The SMILES string of the molecule is CCC(C)n1c(=O)c2c(-c3noc(C4(O)CC4)n3)ncn2c2ccc(F)c(C#N)c21. The highest BCUT2D eigenvalue weighted by atomic mass is 19.1. The van der Waals surface area contributed by atoms with Crippen LogP contribution in [0.4, 0.5) is 4.39 Å². The number of imidazole rings is 1. The molecular weight excluding hydrogens is 391 g/mol. The number of aromatic nitrogens is 5. The molecule has 1 N–H and O–H groups in total. The zero-order chi connectivity index (χ0) is 21.2. The fourth-order valence-corrected chi connectivity index (χ4v) is 3.66. The summed E-state index contributed by atoms with van der Waals surface area (Å²) >= 11 is 0. The Bertz CT molecular complexity index is 1420. The van der Waals surface area contributed by atoms with Gasteiger partial charge < -0.3 is 14.2 Å². The Hall–Kier alpha value is -3.58. The lowest BCUT2D eigenvalue weighted by atomic mass is 10.1. The van der Waals surface area contributed by atoms with Gasteiger partial charge in [0.15, 0.2) is 0 Å². The van der Waals surface area contributed by atoms with E-state index in [9.17, 15) is 19.6 Å². The lowest BCUT2D eigenvalue weighted by molar-refractivity contribution is 0.108. The van der Waals surface area contributed by atoms with E-state index in [2.05, 4.69) is 15.1 Å². The minimum absolute atomic E-state index is 0.0857. The average Bonchev–Trinajstić information content (AvgIpc) is 3.14. The Morgan fingerprint density at radius 2 is 2.17 bits per heavy atom. The summed E-state index contributed by atoms with van der Waals surface area (Å²) in [5, 5.41) is 23.6. The molecule has 0 radical (unpaired) electrons. The zero-order valence-electron chi connectivity index (χ0n) is 16.3. The molecule has 0 bridgehead atoms. The van der Waals surface area contributed by atoms with Crippen molar-refractivity contribution in [2.45, 2.75) is 44.8 Å². The summed E-state index contributed by atoms with van der Waals surface area (Å²) in [5.74, 6) is -0.514. The summed E-state index contributed by atoms with van der Waals surface area (Å²) in [6.45, 7) is 3.73. The molecule has 0 saturated heterocycles. The molecule has 0 spiro atoms. The van der Waals surface area contributed by atoms with E-state index < -0.39 is 17.0 Å². The number of fused-ring (bicyclic) bond motifs is 3. The summed E-state index contributed by atoms with van der Waals surface area (Å²) < 4.78 is 22.5. The van der Waals surface area contributed by atoms with Crippen molar-refractivity contribution >= 4 is 16.6 Å². The molecule has 1 atom stereocenters. The molecule has 0 amide bonds. The smallest absolute Gasteiger partial charge is 0.278 e. The summed E-state index contributed by atoms with van der Waals surface area (Å²) in [6.07, 6.45) is 3.07. The van der Waals surface area contributed by atoms with Crippen molar-refractivity contribution in [3.8, 4) is 17.6 Å². The summed E-state index contributed by atoms with van der Waals surface area (Å²) in [4.78, 5) is 22.1. The summed E-state index contributed by atoms with van der Waals surface area (Å²) in [6, 6.07) is 4.29. The Morgan fingerprint density at radius 3 is 2.83 bits per heavy atom. The van der Waals surface area contributed by atoms with Crippen LogP contribution in [0.3, 0.4) is 0 Å². The van der Waals surface area contributed by atoms with Gasteiger partial charge in [0.1, 0.15) is 40.6 Å². The molecule has 1 aliphatic rings. The number of hydrogen-bond acceptors (Lipinski definition) is 7. The Kier molecular flexibility index (Phi) is 3.82.